The quantitative estimate of drug-likeness (QED) is 0.778. The molecule has 120 valence electrons. The predicted molar refractivity (Wildman–Crippen MR) is 82.5 cm³/mol. The van der Waals surface area contributed by atoms with Gasteiger partial charge in [-0.1, -0.05) is 0 Å². The van der Waals surface area contributed by atoms with Crippen LogP contribution in [0.1, 0.15) is 42.5 Å². The van der Waals surface area contributed by atoms with Gasteiger partial charge in [0.15, 0.2) is 0 Å². The average Bonchev–Trinajstić information content (AvgIpc) is 3.16. The molecule has 2 aromatic heterocycles. The molecule has 2 unspecified atom stereocenters. The first kappa shape index (κ1) is 16.7. The number of rotatable bonds is 8. The van der Waals surface area contributed by atoms with E-state index in [-0.39, 0.29) is 25.0 Å². The smallest absolute Gasteiger partial charge is 0.226 e. The van der Waals surface area contributed by atoms with Crippen molar-refractivity contribution in [2.24, 2.45) is 0 Å². The SMILES string of the molecule is CCOC(C)c1nc(CC(=O)NC(CO)c2ccco2)cs1. The van der Waals surface area contributed by atoms with Gasteiger partial charge in [-0.15, -0.1) is 11.3 Å². The summed E-state index contributed by atoms with van der Waals surface area (Å²) in [7, 11) is 0. The molecule has 0 aliphatic rings. The van der Waals surface area contributed by atoms with E-state index >= 15 is 0 Å². The standard InChI is InChI=1S/C15H20N2O4S/c1-3-20-10(2)15-16-11(9-22-15)7-14(19)17-12(8-18)13-5-4-6-21-13/h4-6,9-10,12,18H,3,7-8H2,1-2H3,(H,17,19). The van der Waals surface area contributed by atoms with Gasteiger partial charge < -0.3 is 19.6 Å². The normalized spacial score (nSPS) is 13.8. The first-order valence-corrected chi connectivity index (χ1v) is 8.01. The number of amides is 1. The van der Waals surface area contributed by atoms with Crippen molar-refractivity contribution in [2.75, 3.05) is 13.2 Å². The highest BCUT2D eigenvalue weighted by molar-refractivity contribution is 7.09. The minimum absolute atomic E-state index is 0.0693. The second kappa shape index (κ2) is 8.07. The molecule has 0 saturated carbocycles. The van der Waals surface area contributed by atoms with Gasteiger partial charge in [0.1, 0.15) is 22.9 Å². The number of aliphatic hydroxyl groups is 1. The van der Waals surface area contributed by atoms with Crippen LogP contribution in [0.2, 0.25) is 0 Å². The lowest BCUT2D eigenvalue weighted by molar-refractivity contribution is -0.121. The zero-order valence-electron chi connectivity index (χ0n) is 12.6. The number of aromatic nitrogens is 1. The highest BCUT2D eigenvalue weighted by Gasteiger charge is 2.18. The molecule has 6 nitrogen and oxygen atoms in total. The van der Waals surface area contributed by atoms with E-state index in [0.717, 1.165) is 5.01 Å². The van der Waals surface area contributed by atoms with Crippen LogP contribution in [-0.2, 0) is 16.0 Å². The number of nitrogens with zero attached hydrogens (tertiary/aromatic N) is 1. The Labute approximate surface area is 133 Å². The minimum atomic E-state index is -0.539. The van der Waals surface area contributed by atoms with E-state index < -0.39 is 6.04 Å². The maximum Gasteiger partial charge on any atom is 0.226 e. The fourth-order valence-corrected chi connectivity index (χ4v) is 2.84. The maximum absolute atomic E-state index is 12.1. The van der Waals surface area contributed by atoms with Crippen molar-refractivity contribution in [2.45, 2.75) is 32.4 Å². The molecular weight excluding hydrogens is 304 g/mol. The zero-order chi connectivity index (χ0) is 15.9. The summed E-state index contributed by atoms with van der Waals surface area (Å²) in [6, 6.07) is 2.89. The first-order chi connectivity index (χ1) is 10.6. The van der Waals surface area contributed by atoms with Crippen LogP contribution in [0, 0.1) is 0 Å². The maximum atomic E-state index is 12.1. The highest BCUT2D eigenvalue weighted by atomic mass is 32.1. The van der Waals surface area contributed by atoms with Crippen LogP contribution >= 0.6 is 11.3 Å². The molecule has 22 heavy (non-hydrogen) atoms. The predicted octanol–water partition coefficient (Wildman–Crippen LogP) is 2.23. The zero-order valence-corrected chi connectivity index (χ0v) is 13.4. The Morgan fingerprint density at radius 3 is 3.05 bits per heavy atom. The summed E-state index contributed by atoms with van der Waals surface area (Å²) in [4.78, 5) is 16.5. The third kappa shape index (κ3) is 4.40. The van der Waals surface area contributed by atoms with Gasteiger partial charge in [0.25, 0.3) is 0 Å². The number of aliphatic hydroxyl groups excluding tert-OH is 1. The summed E-state index contributed by atoms with van der Waals surface area (Å²) in [6.07, 6.45) is 1.60. The second-order valence-corrected chi connectivity index (χ2v) is 5.66. The van der Waals surface area contributed by atoms with Gasteiger partial charge in [-0.25, -0.2) is 4.98 Å². The molecular formula is C15H20N2O4S. The van der Waals surface area contributed by atoms with Crippen LogP contribution in [-0.4, -0.2) is 29.2 Å². The summed E-state index contributed by atoms with van der Waals surface area (Å²) >= 11 is 1.48. The molecule has 2 atom stereocenters. The largest absolute Gasteiger partial charge is 0.467 e. The molecule has 2 aromatic rings. The average molecular weight is 324 g/mol. The number of furan rings is 1. The van der Waals surface area contributed by atoms with Crippen LogP contribution in [0.25, 0.3) is 0 Å². The summed E-state index contributed by atoms with van der Waals surface area (Å²) in [5.74, 6) is 0.316. The molecule has 2 N–H and O–H groups in total. The van der Waals surface area contributed by atoms with Crippen molar-refractivity contribution in [1.29, 1.82) is 0 Å². The van der Waals surface area contributed by atoms with E-state index in [1.807, 2.05) is 19.2 Å². The van der Waals surface area contributed by atoms with Crippen LogP contribution in [0.4, 0.5) is 0 Å². The van der Waals surface area contributed by atoms with Gasteiger partial charge in [0, 0.05) is 12.0 Å². The van der Waals surface area contributed by atoms with Gasteiger partial charge in [-0.3, -0.25) is 4.79 Å². The molecule has 0 saturated heterocycles. The van der Waals surface area contributed by atoms with Gasteiger partial charge in [0.05, 0.1) is 25.0 Å². The molecule has 0 aromatic carbocycles. The Balaban J connectivity index is 1.91. The number of carbonyl (C=O) groups excluding carboxylic acids is 1. The van der Waals surface area contributed by atoms with Gasteiger partial charge >= 0.3 is 0 Å². The number of hydrogen-bond acceptors (Lipinski definition) is 6. The lowest BCUT2D eigenvalue weighted by atomic mass is 10.2. The summed E-state index contributed by atoms with van der Waals surface area (Å²) in [5, 5.41) is 14.8. The van der Waals surface area contributed by atoms with Crippen molar-refractivity contribution in [3.8, 4) is 0 Å². The van der Waals surface area contributed by atoms with Crippen LogP contribution in [0.15, 0.2) is 28.2 Å². The van der Waals surface area contributed by atoms with Gasteiger partial charge in [-0.2, -0.15) is 0 Å². The Hall–Kier alpha value is -1.70. The molecule has 0 bridgehead atoms. The number of ether oxygens (including phenoxy) is 1. The lowest BCUT2D eigenvalue weighted by Crippen LogP contribution is -2.31. The lowest BCUT2D eigenvalue weighted by Gasteiger charge is -2.13. The van der Waals surface area contributed by atoms with Crippen LogP contribution in [0.5, 0.6) is 0 Å². The summed E-state index contributed by atoms with van der Waals surface area (Å²) < 4.78 is 10.7. The number of thiazole rings is 1. The van der Waals surface area contributed by atoms with E-state index in [9.17, 15) is 9.90 Å². The van der Waals surface area contributed by atoms with E-state index in [0.29, 0.717) is 18.1 Å². The van der Waals surface area contributed by atoms with E-state index in [1.54, 1.807) is 12.1 Å². The molecule has 0 aliphatic carbocycles. The molecule has 2 heterocycles. The number of carbonyl (C=O) groups is 1. The first-order valence-electron chi connectivity index (χ1n) is 7.13. The van der Waals surface area contributed by atoms with Gasteiger partial charge in [0.2, 0.25) is 5.91 Å². The molecule has 1 amide bonds. The van der Waals surface area contributed by atoms with E-state index in [1.165, 1.54) is 17.6 Å². The summed E-state index contributed by atoms with van der Waals surface area (Å²) in [6.45, 7) is 4.27. The number of nitrogens with one attached hydrogen (secondary N) is 1. The van der Waals surface area contributed by atoms with Crippen molar-refractivity contribution in [1.82, 2.24) is 10.3 Å². The Kier molecular flexibility index (Phi) is 6.11. The van der Waals surface area contributed by atoms with Crippen molar-refractivity contribution in [3.05, 3.63) is 40.2 Å². The molecule has 0 aliphatic heterocycles. The van der Waals surface area contributed by atoms with Crippen LogP contribution < -0.4 is 5.32 Å². The molecule has 0 radical (unpaired) electrons. The highest BCUT2D eigenvalue weighted by Crippen LogP contribution is 2.21. The topological polar surface area (TPSA) is 84.6 Å². The third-order valence-electron chi connectivity index (χ3n) is 3.08. The molecule has 0 spiro atoms. The van der Waals surface area contributed by atoms with Crippen molar-refractivity contribution >= 4 is 17.2 Å². The molecule has 7 heteroatoms. The second-order valence-electron chi connectivity index (χ2n) is 4.77. The fraction of sp³-hybridized carbons (Fsp3) is 0.467. The number of hydrogen-bond donors (Lipinski definition) is 2. The van der Waals surface area contributed by atoms with Crippen molar-refractivity contribution < 1.29 is 19.1 Å². The molecule has 0 fully saturated rings. The third-order valence-corrected chi connectivity index (χ3v) is 4.13. The Bertz CT molecular complexity index is 582. The Morgan fingerprint density at radius 2 is 2.41 bits per heavy atom. The van der Waals surface area contributed by atoms with Crippen molar-refractivity contribution in [3.63, 3.8) is 0 Å². The van der Waals surface area contributed by atoms with E-state index in [4.69, 9.17) is 9.15 Å². The fourth-order valence-electron chi connectivity index (χ4n) is 2.02. The Morgan fingerprint density at radius 1 is 1.59 bits per heavy atom. The van der Waals surface area contributed by atoms with Crippen LogP contribution in [0.3, 0.4) is 0 Å². The van der Waals surface area contributed by atoms with Gasteiger partial charge in [-0.05, 0) is 26.0 Å². The molecule has 2 rings (SSSR count). The minimum Gasteiger partial charge on any atom is -0.467 e. The summed E-state index contributed by atoms with van der Waals surface area (Å²) in [5.41, 5.74) is 0.695. The monoisotopic (exact) mass is 324 g/mol. The van der Waals surface area contributed by atoms with E-state index in [2.05, 4.69) is 10.3 Å².